The number of aliphatic hydroxyl groups is 15. The van der Waals surface area contributed by atoms with Gasteiger partial charge >= 0.3 is 0 Å². The van der Waals surface area contributed by atoms with Crippen LogP contribution in [0.25, 0.3) is 0 Å². The van der Waals surface area contributed by atoms with Gasteiger partial charge in [0, 0.05) is 48.5 Å². The fourth-order valence-electron chi connectivity index (χ4n) is 12.7. The van der Waals surface area contributed by atoms with Crippen molar-refractivity contribution < 1.29 is 172 Å². The van der Waals surface area contributed by atoms with Crippen molar-refractivity contribution in [3.63, 3.8) is 0 Å². The average molecular weight is 1420 g/mol. The largest absolute Gasteiger partial charge is 0.394 e. The Morgan fingerprint density at radius 1 is 0.286 bits per heavy atom. The Bertz CT molecular complexity index is 2640. The van der Waals surface area contributed by atoms with Crippen molar-refractivity contribution in [2.75, 3.05) is 39.6 Å². The van der Waals surface area contributed by atoms with Gasteiger partial charge in [0.25, 0.3) is 0 Å². The number of nitrogens with one attached hydrogen (secondary N) is 7. The van der Waals surface area contributed by atoms with E-state index in [0.717, 1.165) is 48.5 Å². The van der Waals surface area contributed by atoms with Gasteiger partial charge in [-0.1, -0.05) is 0 Å². The van der Waals surface area contributed by atoms with Gasteiger partial charge in [-0.25, -0.2) is 0 Å². The van der Waals surface area contributed by atoms with E-state index in [1.165, 1.54) is 6.92 Å². The molecule has 7 amide bonds. The smallest absolute Gasteiger partial charge is 0.217 e. The lowest BCUT2D eigenvalue weighted by Crippen LogP contribution is -2.73. The molecule has 0 radical (unpaired) electrons. The molecule has 7 aliphatic rings. The van der Waals surface area contributed by atoms with Crippen LogP contribution in [0.1, 0.15) is 55.4 Å². The maximum Gasteiger partial charge on any atom is 0.217 e. The van der Waals surface area contributed by atoms with Gasteiger partial charge in [0.15, 0.2) is 44.0 Å². The van der Waals surface area contributed by atoms with E-state index >= 15 is 0 Å². The van der Waals surface area contributed by atoms with Crippen LogP contribution < -0.4 is 37.2 Å². The molecular formula is C56H93N7O35. The van der Waals surface area contributed by atoms with Crippen molar-refractivity contribution >= 4 is 41.4 Å². The predicted molar refractivity (Wildman–Crippen MR) is 312 cm³/mol. The van der Waals surface area contributed by atoms with Gasteiger partial charge in [0.2, 0.25) is 41.4 Å². The Morgan fingerprint density at radius 3 is 0.980 bits per heavy atom. The normalized spacial score (nSPS) is 44.5. The van der Waals surface area contributed by atoms with Crippen LogP contribution >= 0.6 is 0 Å². The van der Waals surface area contributed by atoms with Crippen LogP contribution in [-0.4, -0.2) is 372 Å². The lowest BCUT2D eigenvalue weighted by atomic mass is 9.92. The highest BCUT2D eigenvalue weighted by molar-refractivity contribution is 5.76. The second-order valence-corrected chi connectivity index (χ2v) is 24.7. The number of ether oxygens (including phenoxy) is 13. The number of hydrogen-bond acceptors (Lipinski definition) is 35. The molecule has 7 fully saturated rings. The molecule has 0 aromatic rings. The third-order valence-electron chi connectivity index (χ3n) is 17.3. The van der Waals surface area contributed by atoms with E-state index in [1.54, 1.807) is 0 Å². The standard InChI is InChI=1S/C56H93N7O35/c1-15-29(57-16(2)69)48(34(50(85)87-15)62-21(7)74)97-53-32(60-19(5)72)41(81)45(25(11-66)91-53)94-52-31(59-18(4)71)40(80)46(26(12-67)90-52)95-55-35(63-22(8)75)49(38(78)28(93-55)14-86-51-30(58-17(3)70)39(79)36(76)23(9-64)88-51)98-54-33(61-20(6)73)42(82)47(27(13-68)92-54)96-56-44(84)43(83)37(77)24(10-65)89-56/h15,23-56,64-68,76-85H,9-14H2,1-8H3,(H,57,69)(H,58,70)(H,59,71)(H,60,72)(H,61,73)(H,62,74)(H,63,75)/t15-,23-,24-,25-,26-,27-,28-,29-,30-,31-,32-,33-,34-,35-,36-,37-,38-,39-,40-,41-,42-,43+,44-,45+,46+,47-,48+,49-,50-,51+,52-,53-,54+,55-,56+/m1/s1. The summed E-state index contributed by atoms with van der Waals surface area (Å²) >= 11 is 0. The third-order valence-corrected chi connectivity index (χ3v) is 17.3. The Hall–Kier alpha value is -4.83. The zero-order chi connectivity index (χ0) is 72.6. The third kappa shape index (κ3) is 18.9. The molecule has 0 aromatic heterocycles. The van der Waals surface area contributed by atoms with E-state index in [2.05, 4.69) is 37.2 Å². The van der Waals surface area contributed by atoms with E-state index in [-0.39, 0.29) is 0 Å². The number of aliphatic hydroxyl groups excluding tert-OH is 15. The summed E-state index contributed by atoms with van der Waals surface area (Å²) in [4.78, 5) is 89.7. The first-order chi connectivity index (χ1) is 46.2. The van der Waals surface area contributed by atoms with Gasteiger partial charge in [0.05, 0.1) is 51.8 Å². The molecule has 0 spiro atoms. The minimum absolute atomic E-state index is 0.610. The van der Waals surface area contributed by atoms with Gasteiger partial charge in [-0.3, -0.25) is 33.6 Å². The maximum atomic E-state index is 13.4. The van der Waals surface area contributed by atoms with Crippen molar-refractivity contribution in [1.82, 2.24) is 37.2 Å². The lowest BCUT2D eigenvalue weighted by molar-refractivity contribution is -0.373. The second kappa shape index (κ2) is 35.4. The summed E-state index contributed by atoms with van der Waals surface area (Å²) in [6, 6.07) is -11.6. The Balaban J connectivity index is 1.23. The molecule has 0 aromatic carbocycles. The summed E-state index contributed by atoms with van der Waals surface area (Å²) in [5.41, 5.74) is 0. The highest BCUT2D eigenvalue weighted by atomic mass is 16.8. The summed E-state index contributed by atoms with van der Waals surface area (Å²) in [5, 5.41) is 184. The van der Waals surface area contributed by atoms with Crippen molar-refractivity contribution in [3.05, 3.63) is 0 Å². The molecule has 562 valence electrons. The van der Waals surface area contributed by atoms with Gasteiger partial charge in [-0.15, -0.1) is 0 Å². The van der Waals surface area contributed by atoms with Crippen LogP contribution in [0.5, 0.6) is 0 Å². The fourth-order valence-corrected chi connectivity index (χ4v) is 12.7. The molecule has 35 atom stereocenters. The molecule has 98 heavy (non-hydrogen) atoms. The Labute approximate surface area is 558 Å². The summed E-state index contributed by atoms with van der Waals surface area (Å²) in [5.74, 6) is -5.63. The fraction of sp³-hybridized carbons (Fsp3) is 0.875. The minimum Gasteiger partial charge on any atom is -0.394 e. The molecule has 7 aliphatic heterocycles. The van der Waals surface area contributed by atoms with Gasteiger partial charge in [-0.2, -0.15) is 0 Å². The highest BCUT2D eigenvalue weighted by Gasteiger charge is 2.60. The molecule has 0 aliphatic carbocycles. The summed E-state index contributed by atoms with van der Waals surface area (Å²) in [7, 11) is 0. The molecular weight excluding hydrogens is 1330 g/mol. The molecule has 0 bridgehead atoms. The first-order valence-corrected chi connectivity index (χ1v) is 31.4. The van der Waals surface area contributed by atoms with Crippen molar-refractivity contribution in [2.45, 2.75) is 270 Å². The minimum atomic E-state index is -2.20. The quantitative estimate of drug-likeness (QED) is 0.0404. The van der Waals surface area contributed by atoms with Crippen molar-refractivity contribution in [1.29, 1.82) is 0 Å². The molecule has 22 N–H and O–H groups in total. The molecule has 7 heterocycles. The molecule has 42 heteroatoms. The SMILES string of the molecule is CC(=O)N[C@@H]1[C@@H](O[C@H]2O[C@H](CO)[C@H](O[C@H]3O[C@H](CO)[C@H](O[C@H]4O[C@H](CO[C@H]5O[C@H](CO)[C@@H](O)[C@H](O)[C@H]5NC(C)=O)[C@@H](O)[C@H](O[C@@H]5O[C@H](CO)[C@@H](O[C@@H]6O[C@H](CO)[C@@H](O)[C@H](O)[C@H]6O)[C@H](O)[C@H]5NC(C)=O)[C@H]4NC(C)=O)[C@H](O)[C@H]3NC(C)=O)[C@H](O)[C@H]2NC(C)=O)[C@H](NC(C)=O)[C@@H](C)O[C@H]1O. The average Bonchev–Trinajstić information content (AvgIpc) is 0.771. The summed E-state index contributed by atoms with van der Waals surface area (Å²) in [6.45, 7) is 2.71. The zero-order valence-corrected chi connectivity index (χ0v) is 54.3. The topological polar surface area (TPSA) is 627 Å². The predicted octanol–water partition coefficient (Wildman–Crippen LogP) is -14.2. The molecule has 0 unspecified atom stereocenters. The lowest BCUT2D eigenvalue weighted by Gasteiger charge is -2.52. The van der Waals surface area contributed by atoms with E-state index in [1.807, 2.05) is 0 Å². The van der Waals surface area contributed by atoms with E-state index < -0.39 is 295 Å². The van der Waals surface area contributed by atoms with Gasteiger partial charge in [0.1, 0.15) is 158 Å². The van der Waals surface area contributed by atoms with Crippen LogP contribution in [0, 0.1) is 0 Å². The summed E-state index contributed by atoms with van der Waals surface area (Å²) in [6.07, 6.45) is -52.5. The van der Waals surface area contributed by atoms with Crippen molar-refractivity contribution in [2.24, 2.45) is 0 Å². The molecule has 0 saturated carbocycles. The van der Waals surface area contributed by atoms with E-state index in [0.29, 0.717) is 0 Å². The second-order valence-electron chi connectivity index (χ2n) is 24.7. The van der Waals surface area contributed by atoms with Gasteiger partial charge < -0.3 is 175 Å². The van der Waals surface area contributed by atoms with Crippen LogP contribution in [0.4, 0.5) is 0 Å². The molecule has 42 nitrogen and oxygen atoms in total. The first kappa shape index (κ1) is 80.5. The van der Waals surface area contributed by atoms with Crippen LogP contribution in [0.15, 0.2) is 0 Å². The van der Waals surface area contributed by atoms with E-state index in [4.69, 9.17) is 61.6 Å². The van der Waals surface area contributed by atoms with Crippen molar-refractivity contribution in [3.8, 4) is 0 Å². The molecule has 7 saturated heterocycles. The Morgan fingerprint density at radius 2 is 0.582 bits per heavy atom. The van der Waals surface area contributed by atoms with Crippen LogP contribution in [0.2, 0.25) is 0 Å². The monoisotopic (exact) mass is 1420 g/mol. The zero-order valence-electron chi connectivity index (χ0n) is 54.3. The number of carbonyl (C=O) groups is 7. The maximum absolute atomic E-state index is 13.4. The summed E-state index contributed by atoms with van der Waals surface area (Å²) < 4.78 is 78.7. The highest BCUT2D eigenvalue weighted by Crippen LogP contribution is 2.38. The number of carbonyl (C=O) groups excluding carboxylic acids is 7. The van der Waals surface area contributed by atoms with Crippen LogP contribution in [0.3, 0.4) is 0 Å². The number of amides is 7. The number of rotatable bonds is 25. The number of hydrogen-bond donors (Lipinski definition) is 22. The van der Waals surface area contributed by atoms with E-state index in [9.17, 15) is 110 Å². The first-order valence-electron chi connectivity index (χ1n) is 31.4. The Kier molecular flexibility index (Phi) is 29.0. The molecule has 7 rings (SSSR count). The van der Waals surface area contributed by atoms with Crippen LogP contribution in [-0.2, 0) is 95.1 Å². The van der Waals surface area contributed by atoms with Gasteiger partial charge in [-0.05, 0) is 6.92 Å².